The Bertz CT molecular complexity index is 1580. The van der Waals surface area contributed by atoms with E-state index in [2.05, 4.69) is 29.2 Å². The molecule has 0 spiro atoms. The van der Waals surface area contributed by atoms with Gasteiger partial charge in [-0.1, -0.05) is 44.2 Å². The number of hydrogen-bond acceptors (Lipinski definition) is 3. The molecule has 0 aliphatic carbocycles. The van der Waals surface area contributed by atoms with Crippen LogP contribution in [0.3, 0.4) is 0 Å². The van der Waals surface area contributed by atoms with Gasteiger partial charge >= 0.3 is 0 Å². The number of para-hydroxylation sites is 2. The first kappa shape index (κ1) is 15.3. The van der Waals surface area contributed by atoms with Crippen molar-refractivity contribution >= 4 is 43.9 Å². The third kappa shape index (κ3) is 2.34. The Morgan fingerprint density at radius 2 is 1.48 bits per heavy atom. The van der Waals surface area contributed by atoms with Crippen LogP contribution >= 0.6 is 0 Å². The number of pyridine rings is 1. The Balaban J connectivity index is 1.67. The fourth-order valence-electron chi connectivity index (χ4n) is 4.13. The van der Waals surface area contributed by atoms with Gasteiger partial charge in [-0.05, 0) is 47.9 Å². The molecule has 0 fully saturated rings. The standard InChI is InChI=1S/C26H19NO2/c1-15(2)16-12-13-27-22(14-16)21-8-5-7-18-20-11-10-19-17-6-3-4-9-23(17)28-25(19)26(20)29-24(18)21/h3-15H,1-2H3/i15D. The number of aromatic nitrogens is 1. The van der Waals surface area contributed by atoms with Gasteiger partial charge in [0, 0.05) is 34.7 Å². The van der Waals surface area contributed by atoms with Gasteiger partial charge in [0.25, 0.3) is 0 Å². The third-order valence-electron chi connectivity index (χ3n) is 5.62. The van der Waals surface area contributed by atoms with E-state index in [1.54, 1.807) is 6.20 Å². The van der Waals surface area contributed by atoms with E-state index < -0.39 is 5.89 Å². The zero-order chi connectivity index (χ0) is 20.5. The Labute approximate surface area is 169 Å². The van der Waals surface area contributed by atoms with Gasteiger partial charge in [0.1, 0.15) is 11.2 Å². The van der Waals surface area contributed by atoms with Crippen LogP contribution in [-0.4, -0.2) is 4.98 Å². The van der Waals surface area contributed by atoms with E-state index in [-0.39, 0.29) is 0 Å². The summed E-state index contributed by atoms with van der Waals surface area (Å²) < 4.78 is 21.0. The first-order chi connectivity index (χ1) is 14.5. The lowest BCUT2D eigenvalue weighted by Gasteiger charge is -2.07. The fraction of sp³-hybridized carbons (Fsp3) is 0.115. The quantitative estimate of drug-likeness (QED) is 0.310. The summed E-state index contributed by atoms with van der Waals surface area (Å²) >= 11 is 0. The molecule has 0 aliphatic rings. The summed E-state index contributed by atoms with van der Waals surface area (Å²) in [6.07, 6.45) is 1.76. The lowest BCUT2D eigenvalue weighted by molar-refractivity contribution is 0.634. The minimum Gasteiger partial charge on any atom is -0.452 e. The summed E-state index contributed by atoms with van der Waals surface area (Å²) in [6, 6.07) is 22.2. The Morgan fingerprint density at radius 3 is 2.34 bits per heavy atom. The second-order valence-electron chi connectivity index (χ2n) is 7.63. The number of fused-ring (bicyclic) bond motifs is 7. The van der Waals surface area contributed by atoms with Crippen LogP contribution in [0.5, 0.6) is 0 Å². The molecule has 3 nitrogen and oxygen atoms in total. The second-order valence-corrected chi connectivity index (χ2v) is 7.63. The highest BCUT2D eigenvalue weighted by molar-refractivity contribution is 6.20. The highest BCUT2D eigenvalue weighted by atomic mass is 16.4. The summed E-state index contributed by atoms with van der Waals surface area (Å²) in [7, 11) is 0. The molecule has 0 saturated heterocycles. The zero-order valence-corrected chi connectivity index (χ0v) is 16.2. The molecular formula is C26H19NO2. The number of nitrogens with zero attached hydrogens (tertiary/aromatic N) is 1. The molecule has 0 radical (unpaired) electrons. The minimum absolute atomic E-state index is 0.695. The molecule has 6 rings (SSSR count). The first-order valence-corrected chi connectivity index (χ1v) is 9.73. The predicted octanol–water partition coefficient (Wildman–Crippen LogP) is 7.67. The Kier molecular flexibility index (Phi) is 3.15. The maximum atomic E-state index is 8.36. The zero-order valence-electron chi connectivity index (χ0n) is 17.2. The van der Waals surface area contributed by atoms with Crippen molar-refractivity contribution in [3.8, 4) is 11.3 Å². The lowest BCUT2D eigenvalue weighted by Crippen LogP contribution is -1.90. The number of benzene rings is 3. The van der Waals surface area contributed by atoms with Gasteiger partial charge < -0.3 is 8.83 Å². The molecule has 3 aromatic carbocycles. The summed E-state index contributed by atoms with van der Waals surface area (Å²) in [5.41, 5.74) is 5.80. The molecule has 0 N–H and O–H groups in total. The SMILES string of the molecule is [2H]C(C)(C)c1ccnc(-c2cccc3c2oc2c3ccc3c4ccccc4oc32)c1. The molecule has 0 unspecified atom stereocenters. The normalized spacial score (nSPS) is 13.0. The van der Waals surface area contributed by atoms with E-state index in [1.807, 2.05) is 56.3 Å². The van der Waals surface area contributed by atoms with E-state index in [0.29, 0.717) is 0 Å². The molecule has 0 bridgehead atoms. The van der Waals surface area contributed by atoms with Crippen molar-refractivity contribution in [1.82, 2.24) is 4.98 Å². The smallest absolute Gasteiger partial charge is 0.178 e. The number of hydrogen-bond donors (Lipinski definition) is 0. The topological polar surface area (TPSA) is 39.2 Å². The molecule has 0 atom stereocenters. The van der Waals surface area contributed by atoms with Gasteiger partial charge in [-0.3, -0.25) is 4.98 Å². The maximum absolute atomic E-state index is 8.36. The molecule has 0 amide bonds. The van der Waals surface area contributed by atoms with Crippen LogP contribution in [0.15, 0.2) is 81.8 Å². The van der Waals surface area contributed by atoms with E-state index in [0.717, 1.165) is 60.7 Å². The van der Waals surface area contributed by atoms with Crippen LogP contribution in [0.2, 0.25) is 0 Å². The van der Waals surface area contributed by atoms with Crippen molar-refractivity contribution in [2.75, 3.05) is 0 Å². The van der Waals surface area contributed by atoms with Crippen LogP contribution in [0, 0.1) is 0 Å². The van der Waals surface area contributed by atoms with Crippen LogP contribution < -0.4 is 0 Å². The van der Waals surface area contributed by atoms with E-state index in [9.17, 15) is 0 Å². The molecule has 29 heavy (non-hydrogen) atoms. The maximum Gasteiger partial charge on any atom is 0.178 e. The Morgan fingerprint density at radius 1 is 0.759 bits per heavy atom. The predicted molar refractivity (Wildman–Crippen MR) is 118 cm³/mol. The molecule has 0 aliphatic heterocycles. The molecule has 6 aromatic rings. The van der Waals surface area contributed by atoms with Gasteiger partial charge in [-0.2, -0.15) is 0 Å². The van der Waals surface area contributed by atoms with Crippen LogP contribution in [-0.2, 0) is 0 Å². The van der Waals surface area contributed by atoms with Gasteiger partial charge in [0.15, 0.2) is 11.2 Å². The van der Waals surface area contributed by atoms with Crippen LogP contribution in [0.4, 0.5) is 0 Å². The second kappa shape index (κ2) is 5.95. The number of furan rings is 2. The molecule has 3 heterocycles. The van der Waals surface area contributed by atoms with Gasteiger partial charge in [-0.25, -0.2) is 0 Å². The van der Waals surface area contributed by atoms with Crippen molar-refractivity contribution in [1.29, 1.82) is 0 Å². The molecule has 3 aromatic heterocycles. The molecule has 0 saturated carbocycles. The van der Waals surface area contributed by atoms with Crippen molar-refractivity contribution in [3.05, 3.63) is 78.5 Å². The van der Waals surface area contributed by atoms with Gasteiger partial charge in [0.2, 0.25) is 0 Å². The monoisotopic (exact) mass is 378 g/mol. The largest absolute Gasteiger partial charge is 0.452 e. The van der Waals surface area contributed by atoms with Crippen molar-refractivity contribution in [3.63, 3.8) is 0 Å². The lowest BCUT2D eigenvalue weighted by atomic mass is 10.0. The van der Waals surface area contributed by atoms with Crippen molar-refractivity contribution < 1.29 is 10.2 Å². The summed E-state index contributed by atoms with van der Waals surface area (Å²) in [5.74, 6) is -0.695. The molecular weight excluding hydrogens is 358 g/mol. The van der Waals surface area contributed by atoms with Gasteiger partial charge in [0.05, 0.1) is 5.69 Å². The van der Waals surface area contributed by atoms with E-state index in [4.69, 9.17) is 10.2 Å². The summed E-state index contributed by atoms with van der Waals surface area (Å²) in [5, 5.41) is 4.19. The first-order valence-electron chi connectivity index (χ1n) is 10.2. The summed E-state index contributed by atoms with van der Waals surface area (Å²) in [6.45, 7) is 3.76. The van der Waals surface area contributed by atoms with Crippen LogP contribution in [0.1, 0.15) is 26.7 Å². The molecule has 3 heteroatoms. The van der Waals surface area contributed by atoms with Crippen molar-refractivity contribution in [2.24, 2.45) is 0 Å². The minimum atomic E-state index is -0.695. The highest BCUT2D eigenvalue weighted by Crippen LogP contribution is 2.41. The van der Waals surface area contributed by atoms with Crippen LogP contribution in [0.25, 0.3) is 55.1 Å². The third-order valence-corrected chi connectivity index (χ3v) is 5.62. The van der Waals surface area contributed by atoms with E-state index in [1.165, 1.54) is 0 Å². The fourth-order valence-corrected chi connectivity index (χ4v) is 4.13. The Hall–Kier alpha value is -3.59. The highest BCUT2D eigenvalue weighted by Gasteiger charge is 2.18. The van der Waals surface area contributed by atoms with Gasteiger partial charge in [-0.15, -0.1) is 0 Å². The number of rotatable bonds is 2. The van der Waals surface area contributed by atoms with Crippen molar-refractivity contribution in [2.45, 2.75) is 19.7 Å². The summed E-state index contributed by atoms with van der Waals surface area (Å²) in [4.78, 5) is 4.57. The average molecular weight is 378 g/mol. The van der Waals surface area contributed by atoms with E-state index >= 15 is 0 Å². The molecule has 140 valence electrons. The average Bonchev–Trinajstić information content (AvgIpc) is 3.31.